The van der Waals surface area contributed by atoms with Crippen LogP contribution in [0.3, 0.4) is 0 Å². The van der Waals surface area contributed by atoms with Crippen molar-refractivity contribution in [3.8, 4) is 11.6 Å². The lowest BCUT2D eigenvalue weighted by Gasteiger charge is -2.40. The maximum Gasteiger partial charge on any atom is 0.409 e. The summed E-state index contributed by atoms with van der Waals surface area (Å²) in [5, 5.41) is 19.4. The van der Waals surface area contributed by atoms with Crippen LogP contribution in [0, 0.1) is 5.92 Å². The Morgan fingerprint density at radius 1 is 1.02 bits per heavy atom. The minimum Gasteiger partial charge on any atom is -0.481 e. The maximum absolute atomic E-state index is 13.7. The smallest absolute Gasteiger partial charge is 0.409 e. The number of hydrogen-bond acceptors (Lipinski definition) is 9. The van der Waals surface area contributed by atoms with Gasteiger partial charge in [0.1, 0.15) is 12.1 Å². The summed E-state index contributed by atoms with van der Waals surface area (Å²) in [5.74, 6) is -2.31. The molecular formula is C34H45N7O9. The molecule has 0 bridgehead atoms. The van der Waals surface area contributed by atoms with E-state index < -0.39 is 48.6 Å². The third kappa shape index (κ3) is 9.09. The minimum atomic E-state index is -1.19. The molecule has 3 fully saturated rings. The highest BCUT2D eigenvalue weighted by Gasteiger charge is 2.37. The monoisotopic (exact) mass is 695 g/mol. The number of piperazine rings is 1. The van der Waals surface area contributed by atoms with Crippen LogP contribution in [0.15, 0.2) is 36.4 Å². The average Bonchev–Trinajstić information content (AvgIpc) is 3.62. The van der Waals surface area contributed by atoms with Crippen LogP contribution in [0.25, 0.3) is 5.69 Å². The number of carbonyl (C=O) groups excluding carboxylic acids is 5. The molecule has 16 heteroatoms. The van der Waals surface area contributed by atoms with Gasteiger partial charge in [0.25, 0.3) is 11.8 Å². The Morgan fingerprint density at radius 2 is 1.78 bits per heavy atom. The second-order valence-electron chi connectivity index (χ2n) is 12.8. The number of aromatic nitrogens is 2. The molecule has 2 aromatic rings. The number of rotatable bonds is 14. The van der Waals surface area contributed by atoms with E-state index in [4.69, 9.17) is 9.47 Å². The second-order valence-corrected chi connectivity index (χ2v) is 12.8. The zero-order valence-corrected chi connectivity index (χ0v) is 28.4. The first kappa shape index (κ1) is 36.1. The molecule has 2 saturated heterocycles. The second kappa shape index (κ2) is 16.5. The zero-order valence-electron chi connectivity index (χ0n) is 28.4. The Bertz CT molecular complexity index is 1560. The van der Waals surface area contributed by atoms with Crippen molar-refractivity contribution < 1.29 is 43.3 Å². The summed E-state index contributed by atoms with van der Waals surface area (Å²) in [6, 6.07) is 7.98. The molecule has 3 heterocycles. The topological polar surface area (TPSA) is 193 Å². The third-order valence-electron chi connectivity index (χ3n) is 9.08. The highest BCUT2D eigenvalue weighted by atomic mass is 16.6. The fraction of sp³-hybridized carbons (Fsp3) is 0.559. The van der Waals surface area contributed by atoms with E-state index in [1.165, 1.54) is 25.4 Å². The number of nitrogens with zero attached hydrogens (tertiary/aromatic N) is 5. The molecule has 16 nitrogen and oxygen atoms in total. The maximum atomic E-state index is 13.7. The Labute approximate surface area is 290 Å². The number of nitrogens with one attached hydrogen (secondary N) is 2. The van der Waals surface area contributed by atoms with E-state index in [9.17, 15) is 33.9 Å². The molecule has 50 heavy (non-hydrogen) atoms. The van der Waals surface area contributed by atoms with Crippen molar-refractivity contribution in [3.05, 3.63) is 42.1 Å². The molecule has 3 N–H and O–H groups in total. The van der Waals surface area contributed by atoms with E-state index >= 15 is 0 Å². The van der Waals surface area contributed by atoms with E-state index in [0.29, 0.717) is 37.5 Å². The highest BCUT2D eigenvalue weighted by Crippen LogP contribution is 2.28. The lowest BCUT2D eigenvalue weighted by Crippen LogP contribution is -2.59. The van der Waals surface area contributed by atoms with Crippen LogP contribution < -0.4 is 15.4 Å². The first-order chi connectivity index (χ1) is 24.0. The van der Waals surface area contributed by atoms with Crippen LogP contribution in [0.4, 0.5) is 4.79 Å². The molecule has 1 aromatic heterocycles. The molecule has 0 radical (unpaired) electrons. The molecule has 1 aromatic carbocycles. The lowest BCUT2D eigenvalue weighted by molar-refractivity contribution is -0.140. The van der Waals surface area contributed by atoms with Gasteiger partial charge in [0, 0.05) is 51.3 Å². The molecule has 1 aliphatic carbocycles. The summed E-state index contributed by atoms with van der Waals surface area (Å²) in [6.45, 7) is 4.94. The lowest BCUT2D eigenvalue weighted by atomic mass is 10.1. The van der Waals surface area contributed by atoms with Crippen molar-refractivity contribution in [2.45, 2.75) is 70.5 Å². The quantitative estimate of drug-likeness (QED) is 0.260. The number of hydrogen-bond donors (Lipinski definition) is 3. The van der Waals surface area contributed by atoms with Crippen LogP contribution in [-0.4, -0.2) is 129 Å². The third-order valence-corrected chi connectivity index (χ3v) is 9.08. The summed E-state index contributed by atoms with van der Waals surface area (Å²) in [4.78, 5) is 81.6. The standard InChI is InChI=1S/C34H45N7O9/c1-3-49-34(48)38-16-17-39(22(2)20-38)33(47)25(13-14-30(43)44)36-31(45)26-18-29(41(37-26)24-8-5-4-6-9-24)50-21-28(42)40-15-7-10-27(40)32(46)35-19-23-11-12-23/h4-6,8-9,18,22-23,25,27H,3,7,10-17,19-21H2,1-2H3,(H,35,46)(H,36,45)(H,43,44)/t22-,25-,27-/m0/s1. The summed E-state index contributed by atoms with van der Waals surface area (Å²) >= 11 is 0. The van der Waals surface area contributed by atoms with Gasteiger partial charge in [0.15, 0.2) is 12.3 Å². The molecule has 5 rings (SSSR count). The molecule has 2 aliphatic heterocycles. The molecule has 5 amide bonds. The largest absolute Gasteiger partial charge is 0.481 e. The van der Waals surface area contributed by atoms with Gasteiger partial charge in [-0.15, -0.1) is 0 Å². The van der Waals surface area contributed by atoms with Gasteiger partial charge in [-0.2, -0.15) is 5.10 Å². The predicted octanol–water partition coefficient (Wildman–Crippen LogP) is 1.42. The molecular weight excluding hydrogens is 650 g/mol. The normalized spacial score (nSPS) is 19.4. The summed E-state index contributed by atoms with van der Waals surface area (Å²) in [6.07, 6.45) is 2.43. The summed E-state index contributed by atoms with van der Waals surface area (Å²) in [5.41, 5.74) is 0.419. The summed E-state index contributed by atoms with van der Waals surface area (Å²) < 4.78 is 12.4. The van der Waals surface area contributed by atoms with Crippen LogP contribution in [0.2, 0.25) is 0 Å². The van der Waals surface area contributed by atoms with E-state index in [2.05, 4.69) is 15.7 Å². The molecule has 3 atom stereocenters. The van der Waals surface area contributed by atoms with Gasteiger partial charge in [-0.25, -0.2) is 9.48 Å². The number of aliphatic carboxylic acids is 1. The van der Waals surface area contributed by atoms with Gasteiger partial charge in [-0.05, 0) is 64.0 Å². The van der Waals surface area contributed by atoms with Crippen molar-refractivity contribution in [1.29, 1.82) is 0 Å². The fourth-order valence-corrected chi connectivity index (χ4v) is 6.20. The van der Waals surface area contributed by atoms with E-state index in [0.717, 1.165) is 12.8 Å². The number of para-hydroxylation sites is 1. The van der Waals surface area contributed by atoms with Gasteiger partial charge in [0.05, 0.1) is 12.3 Å². The van der Waals surface area contributed by atoms with Crippen molar-refractivity contribution in [3.63, 3.8) is 0 Å². The van der Waals surface area contributed by atoms with Gasteiger partial charge < -0.3 is 39.9 Å². The van der Waals surface area contributed by atoms with Gasteiger partial charge in [-0.3, -0.25) is 24.0 Å². The van der Waals surface area contributed by atoms with Crippen LogP contribution in [0.5, 0.6) is 5.88 Å². The van der Waals surface area contributed by atoms with Crippen LogP contribution >= 0.6 is 0 Å². The average molecular weight is 696 g/mol. The number of benzene rings is 1. The van der Waals surface area contributed by atoms with Gasteiger partial charge in [0.2, 0.25) is 17.7 Å². The predicted molar refractivity (Wildman–Crippen MR) is 177 cm³/mol. The van der Waals surface area contributed by atoms with Crippen LogP contribution in [0.1, 0.15) is 62.9 Å². The number of carboxylic acid groups (broad SMARTS) is 1. The van der Waals surface area contributed by atoms with Gasteiger partial charge >= 0.3 is 12.1 Å². The SMILES string of the molecule is CCOC(=O)N1CCN(C(=O)[C@H](CCC(=O)O)NC(=O)c2cc(OCC(=O)N3CCC[C@H]3C(=O)NCC3CC3)n(-c3ccccc3)n2)[C@@H](C)C1. The fourth-order valence-electron chi connectivity index (χ4n) is 6.20. The van der Waals surface area contributed by atoms with Gasteiger partial charge in [-0.1, -0.05) is 18.2 Å². The number of ether oxygens (including phenoxy) is 2. The molecule has 0 spiro atoms. The molecule has 0 unspecified atom stereocenters. The number of carbonyl (C=O) groups is 6. The minimum absolute atomic E-state index is 0.0840. The number of amides is 5. The molecule has 270 valence electrons. The van der Waals surface area contributed by atoms with Crippen molar-refractivity contribution in [2.75, 3.05) is 45.9 Å². The first-order valence-electron chi connectivity index (χ1n) is 17.2. The van der Waals surface area contributed by atoms with Crippen molar-refractivity contribution in [2.24, 2.45) is 5.92 Å². The molecule has 3 aliphatic rings. The molecule has 1 saturated carbocycles. The highest BCUT2D eigenvalue weighted by molar-refractivity contribution is 5.96. The van der Waals surface area contributed by atoms with Crippen molar-refractivity contribution in [1.82, 2.24) is 35.1 Å². The summed E-state index contributed by atoms with van der Waals surface area (Å²) in [7, 11) is 0. The number of likely N-dealkylation sites (tertiary alicyclic amines) is 1. The van der Waals surface area contributed by atoms with Crippen molar-refractivity contribution >= 4 is 35.7 Å². The number of carboxylic acids is 1. The van der Waals surface area contributed by atoms with E-state index in [1.807, 2.05) is 0 Å². The zero-order chi connectivity index (χ0) is 35.8. The Morgan fingerprint density at radius 3 is 2.46 bits per heavy atom. The Kier molecular flexibility index (Phi) is 11.9. The first-order valence-corrected chi connectivity index (χ1v) is 17.2. The Hall–Kier alpha value is -5.15. The Balaban J connectivity index is 1.28. The van der Waals surface area contributed by atoms with E-state index in [-0.39, 0.29) is 62.5 Å². The van der Waals surface area contributed by atoms with E-state index in [1.54, 1.807) is 44.2 Å². The van der Waals surface area contributed by atoms with Crippen LogP contribution in [-0.2, 0) is 23.9 Å².